The van der Waals surface area contributed by atoms with Crippen LogP contribution in [0.25, 0.3) is 0 Å². The van der Waals surface area contributed by atoms with E-state index in [1.807, 2.05) is 13.1 Å². The zero-order valence-corrected chi connectivity index (χ0v) is 12.6. The molecule has 1 amide bonds. The number of carbonyl (C=O) groups is 1. The standard InChI is InChI=1S/C12H19N3OS2/c1-4-8-6-14-9(18-8)7-15-11(16)12(3,5-2)10(13)17/h6H,4-5,7H2,1-3H3,(H2,13,17)(H,15,16). The minimum absolute atomic E-state index is 0.134. The van der Waals surface area contributed by atoms with Crippen LogP contribution in [0.4, 0.5) is 0 Å². The van der Waals surface area contributed by atoms with E-state index in [0.717, 1.165) is 11.4 Å². The summed E-state index contributed by atoms with van der Waals surface area (Å²) in [6.45, 7) is 6.18. The van der Waals surface area contributed by atoms with Gasteiger partial charge in [0.25, 0.3) is 0 Å². The molecule has 1 aromatic rings. The average Bonchev–Trinajstić information content (AvgIpc) is 2.82. The lowest BCUT2D eigenvalue weighted by Crippen LogP contribution is -2.46. The molecule has 1 unspecified atom stereocenters. The predicted molar refractivity (Wildman–Crippen MR) is 78.5 cm³/mol. The molecular weight excluding hydrogens is 266 g/mol. The number of nitrogens with one attached hydrogen (secondary N) is 1. The Morgan fingerprint density at radius 3 is 2.72 bits per heavy atom. The molecular formula is C12H19N3OS2. The van der Waals surface area contributed by atoms with Crippen LogP contribution >= 0.6 is 23.6 Å². The van der Waals surface area contributed by atoms with Crippen LogP contribution in [0.3, 0.4) is 0 Å². The van der Waals surface area contributed by atoms with Crippen molar-refractivity contribution in [3.05, 3.63) is 16.1 Å². The van der Waals surface area contributed by atoms with Crippen molar-refractivity contribution in [2.45, 2.75) is 40.2 Å². The number of hydrogen-bond donors (Lipinski definition) is 2. The Bertz CT molecular complexity index is 444. The van der Waals surface area contributed by atoms with Crippen LogP contribution in [0.5, 0.6) is 0 Å². The maximum absolute atomic E-state index is 12.1. The molecule has 0 fully saturated rings. The van der Waals surface area contributed by atoms with Crippen molar-refractivity contribution in [1.82, 2.24) is 10.3 Å². The molecule has 6 heteroatoms. The molecule has 100 valence electrons. The van der Waals surface area contributed by atoms with Gasteiger partial charge >= 0.3 is 0 Å². The summed E-state index contributed by atoms with van der Waals surface area (Å²) >= 11 is 6.58. The Morgan fingerprint density at radius 2 is 2.28 bits per heavy atom. The molecule has 4 nitrogen and oxygen atoms in total. The number of thiazole rings is 1. The maximum atomic E-state index is 12.1. The lowest BCUT2D eigenvalue weighted by Gasteiger charge is -2.25. The lowest BCUT2D eigenvalue weighted by atomic mass is 9.86. The van der Waals surface area contributed by atoms with E-state index in [1.54, 1.807) is 18.3 Å². The Hall–Kier alpha value is -1.01. The monoisotopic (exact) mass is 285 g/mol. The van der Waals surface area contributed by atoms with Gasteiger partial charge in [-0.05, 0) is 19.8 Å². The van der Waals surface area contributed by atoms with Gasteiger partial charge in [-0.25, -0.2) is 4.98 Å². The molecule has 0 aliphatic rings. The second-order valence-electron chi connectivity index (χ2n) is 4.31. The van der Waals surface area contributed by atoms with Crippen LogP contribution in [0, 0.1) is 5.41 Å². The number of aromatic nitrogens is 1. The largest absolute Gasteiger partial charge is 0.392 e. The van der Waals surface area contributed by atoms with Crippen molar-refractivity contribution in [1.29, 1.82) is 0 Å². The zero-order valence-electron chi connectivity index (χ0n) is 10.9. The van der Waals surface area contributed by atoms with E-state index in [9.17, 15) is 4.79 Å². The second-order valence-corrected chi connectivity index (χ2v) is 5.95. The van der Waals surface area contributed by atoms with E-state index < -0.39 is 5.41 Å². The zero-order chi connectivity index (χ0) is 13.8. The summed E-state index contributed by atoms with van der Waals surface area (Å²) < 4.78 is 0. The highest BCUT2D eigenvalue weighted by Gasteiger charge is 2.34. The molecule has 3 N–H and O–H groups in total. The predicted octanol–water partition coefficient (Wildman–Crippen LogP) is 2.02. The first-order chi connectivity index (χ1) is 8.43. The fraction of sp³-hybridized carbons (Fsp3) is 0.583. The molecule has 0 saturated carbocycles. The summed E-state index contributed by atoms with van der Waals surface area (Å²) in [6, 6.07) is 0. The summed E-state index contributed by atoms with van der Waals surface area (Å²) in [6.07, 6.45) is 3.40. The van der Waals surface area contributed by atoms with Crippen LogP contribution in [0.2, 0.25) is 0 Å². The number of amides is 1. The molecule has 1 aromatic heterocycles. The topological polar surface area (TPSA) is 68.0 Å². The summed E-state index contributed by atoms with van der Waals surface area (Å²) in [5, 5.41) is 3.75. The van der Waals surface area contributed by atoms with Gasteiger partial charge < -0.3 is 11.1 Å². The molecule has 0 bridgehead atoms. The van der Waals surface area contributed by atoms with Crippen molar-refractivity contribution < 1.29 is 4.79 Å². The van der Waals surface area contributed by atoms with Gasteiger partial charge in [0.05, 0.1) is 16.9 Å². The van der Waals surface area contributed by atoms with E-state index in [0.29, 0.717) is 13.0 Å². The van der Waals surface area contributed by atoms with Gasteiger partial charge in [0.2, 0.25) is 5.91 Å². The first-order valence-electron chi connectivity index (χ1n) is 5.95. The fourth-order valence-electron chi connectivity index (χ4n) is 1.39. The molecule has 18 heavy (non-hydrogen) atoms. The van der Waals surface area contributed by atoms with E-state index in [4.69, 9.17) is 18.0 Å². The average molecular weight is 285 g/mol. The van der Waals surface area contributed by atoms with Gasteiger partial charge in [0.1, 0.15) is 5.01 Å². The summed E-state index contributed by atoms with van der Waals surface area (Å²) in [5.41, 5.74) is 4.86. The van der Waals surface area contributed by atoms with E-state index in [1.165, 1.54) is 4.88 Å². The normalized spacial score (nSPS) is 13.9. The highest BCUT2D eigenvalue weighted by atomic mass is 32.1. The summed E-state index contributed by atoms with van der Waals surface area (Å²) in [5.74, 6) is -0.134. The highest BCUT2D eigenvalue weighted by molar-refractivity contribution is 7.80. The first-order valence-corrected chi connectivity index (χ1v) is 7.18. The number of thiocarbonyl (C=S) groups is 1. The third-order valence-electron chi connectivity index (χ3n) is 3.10. The minimum atomic E-state index is -0.778. The summed E-state index contributed by atoms with van der Waals surface area (Å²) in [7, 11) is 0. The van der Waals surface area contributed by atoms with Crippen molar-refractivity contribution in [2.75, 3.05) is 0 Å². The maximum Gasteiger partial charge on any atom is 0.233 e. The number of rotatable bonds is 6. The van der Waals surface area contributed by atoms with Crippen LogP contribution in [-0.4, -0.2) is 15.9 Å². The smallest absolute Gasteiger partial charge is 0.233 e. The molecule has 0 aliphatic carbocycles. The molecule has 1 rings (SSSR count). The number of nitrogens with zero attached hydrogens (tertiary/aromatic N) is 1. The van der Waals surface area contributed by atoms with Crippen LogP contribution in [0.1, 0.15) is 37.1 Å². The number of nitrogens with two attached hydrogens (primary N) is 1. The van der Waals surface area contributed by atoms with Crippen molar-refractivity contribution in [3.63, 3.8) is 0 Å². The Kier molecular flexibility index (Phi) is 5.22. The molecule has 0 aliphatic heterocycles. The van der Waals surface area contributed by atoms with Crippen LogP contribution < -0.4 is 11.1 Å². The summed E-state index contributed by atoms with van der Waals surface area (Å²) in [4.78, 5) is 17.8. The number of aryl methyl sites for hydroxylation is 1. The lowest BCUT2D eigenvalue weighted by molar-refractivity contribution is -0.127. The SMILES string of the molecule is CCc1cnc(CNC(=O)C(C)(CC)C(N)=S)s1. The van der Waals surface area contributed by atoms with Gasteiger partial charge in [-0.15, -0.1) is 11.3 Å². The fourth-order valence-corrected chi connectivity index (χ4v) is 2.43. The molecule has 0 radical (unpaired) electrons. The molecule has 0 aromatic carbocycles. The van der Waals surface area contributed by atoms with E-state index in [2.05, 4.69) is 17.2 Å². The van der Waals surface area contributed by atoms with E-state index in [-0.39, 0.29) is 10.9 Å². The molecule has 0 saturated heterocycles. The van der Waals surface area contributed by atoms with Gasteiger partial charge in [0.15, 0.2) is 0 Å². The third-order valence-corrected chi connectivity index (χ3v) is 4.69. The Morgan fingerprint density at radius 1 is 1.61 bits per heavy atom. The second kappa shape index (κ2) is 6.24. The van der Waals surface area contributed by atoms with Crippen molar-refractivity contribution in [3.8, 4) is 0 Å². The molecule has 1 heterocycles. The van der Waals surface area contributed by atoms with Gasteiger partial charge in [0, 0.05) is 11.1 Å². The first kappa shape index (κ1) is 15.0. The van der Waals surface area contributed by atoms with E-state index >= 15 is 0 Å². The third kappa shape index (κ3) is 3.26. The van der Waals surface area contributed by atoms with Gasteiger partial charge in [-0.1, -0.05) is 26.1 Å². The van der Waals surface area contributed by atoms with Crippen molar-refractivity contribution >= 4 is 34.5 Å². The highest BCUT2D eigenvalue weighted by Crippen LogP contribution is 2.22. The van der Waals surface area contributed by atoms with Gasteiger partial charge in [-0.2, -0.15) is 0 Å². The van der Waals surface area contributed by atoms with Crippen molar-refractivity contribution in [2.24, 2.45) is 11.1 Å². The van der Waals surface area contributed by atoms with Gasteiger partial charge in [-0.3, -0.25) is 4.79 Å². The molecule has 1 atom stereocenters. The Balaban J connectivity index is 2.62. The number of hydrogen-bond acceptors (Lipinski definition) is 4. The van der Waals surface area contributed by atoms with Crippen LogP contribution in [-0.2, 0) is 17.8 Å². The van der Waals surface area contributed by atoms with Crippen LogP contribution in [0.15, 0.2) is 6.20 Å². The number of carbonyl (C=O) groups excluding carboxylic acids is 1. The minimum Gasteiger partial charge on any atom is -0.392 e. The molecule has 0 spiro atoms. The Labute approximate surface area is 117 Å². The quantitative estimate of drug-likeness (QED) is 0.785.